The van der Waals surface area contributed by atoms with Crippen molar-refractivity contribution in [2.24, 2.45) is 0 Å². The zero-order valence-corrected chi connectivity index (χ0v) is 15.4. The van der Waals surface area contributed by atoms with Crippen molar-refractivity contribution < 1.29 is 28.2 Å². The average molecular weight is 394 g/mol. The number of hydrogen-bond acceptors (Lipinski definition) is 5. The molecule has 6 nitrogen and oxygen atoms in total. The van der Waals surface area contributed by atoms with Crippen LogP contribution in [0.2, 0.25) is 5.02 Å². The van der Waals surface area contributed by atoms with Crippen molar-refractivity contribution in [1.82, 2.24) is 0 Å². The molecule has 0 aliphatic carbocycles. The molecule has 1 unspecified atom stereocenters. The average Bonchev–Trinajstić information content (AvgIpc) is 2.62. The minimum atomic E-state index is -1.11. The molecule has 27 heavy (non-hydrogen) atoms. The SMILES string of the molecule is CC(=O)c1ccc(OCC(=O)OC(C)C(=O)Nc2ccc(F)cc2Cl)cc1. The first-order valence-corrected chi connectivity index (χ1v) is 8.33. The molecule has 0 spiro atoms. The molecule has 0 aliphatic rings. The third-order valence-corrected chi connectivity index (χ3v) is 3.80. The van der Waals surface area contributed by atoms with E-state index in [1.54, 1.807) is 24.3 Å². The number of esters is 1. The lowest BCUT2D eigenvalue weighted by Crippen LogP contribution is -2.31. The van der Waals surface area contributed by atoms with Crippen LogP contribution in [0, 0.1) is 5.82 Å². The highest BCUT2D eigenvalue weighted by Gasteiger charge is 2.19. The number of carbonyl (C=O) groups is 3. The molecule has 8 heteroatoms. The smallest absolute Gasteiger partial charge is 0.344 e. The minimum Gasteiger partial charge on any atom is -0.482 e. The second-order valence-corrected chi connectivity index (χ2v) is 6.02. The molecular weight excluding hydrogens is 377 g/mol. The molecule has 0 aliphatic heterocycles. The maximum absolute atomic E-state index is 13.0. The minimum absolute atomic E-state index is 0.0271. The number of amides is 1. The van der Waals surface area contributed by atoms with E-state index in [4.69, 9.17) is 21.1 Å². The summed E-state index contributed by atoms with van der Waals surface area (Å²) in [6.07, 6.45) is -1.11. The van der Waals surface area contributed by atoms with Crippen molar-refractivity contribution in [3.8, 4) is 5.75 Å². The van der Waals surface area contributed by atoms with Gasteiger partial charge in [-0.05, 0) is 56.3 Å². The van der Waals surface area contributed by atoms with Crippen LogP contribution in [0.4, 0.5) is 10.1 Å². The summed E-state index contributed by atoms with van der Waals surface area (Å²) in [5.41, 5.74) is 0.724. The van der Waals surface area contributed by atoms with Gasteiger partial charge in [-0.25, -0.2) is 9.18 Å². The van der Waals surface area contributed by atoms with Crippen LogP contribution in [0.5, 0.6) is 5.75 Å². The van der Waals surface area contributed by atoms with Crippen molar-refractivity contribution >= 4 is 34.9 Å². The molecule has 0 aromatic heterocycles. The van der Waals surface area contributed by atoms with Crippen LogP contribution in [-0.4, -0.2) is 30.4 Å². The van der Waals surface area contributed by atoms with E-state index in [0.29, 0.717) is 11.3 Å². The molecule has 2 aromatic carbocycles. The van der Waals surface area contributed by atoms with Crippen molar-refractivity contribution in [2.45, 2.75) is 20.0 Å². The van der Waals surface area contributed by atoms with Gasteiger partial charge in [0.15, 0.2) is 18.5 Å². The van der Waals surface area contributed by atoms with E-state index in [0.717, 1.165) is 12.1 Å². The summed E-state index contributed by atoms with van der Waals surface area (Å²) in [6, 6.07) is 9.75. The molecule has 0 saturated heterocycles. The van der Waals surface area contributed by atoms with E-state index in [1.165, 1.54) is 19.9 Å². The van der Waals surface area contributed by atoms with Crippen LogP contribution >= 0.6 is 11.6 Å². The second-order valence-electron chi connectivity index (χ2n) is 5.61. The summed E-state index contributed by atoms with van der Waals surface area (Å²) in [4.78, 5) is 35.1. The first kappa shape index (κ1) is 20.4. The van der Waals surface area contributed by atoms with Gasteiger partial charge in [-0.3, -0.25) is 9.59 Å². The zero-order chi connectivity index (χ0) is 20.0. The summed E-state index contributed by atoms with van der Waals surface area (Å²) in [7, 11) is 0. The van der Waals surface area contributed by atoms with Gasteiger partial charge in [-0.2, -0.15) is 0 Å². The molecule has 0 bridgehead atoms. The zero-order valence-electron chi connectivity index (χ0n) is 14.6. The molecule has 0 fully saturated rings. The summed E-state index contributed by atoms with van der Waals surface area (Å²) in [6.45, 7) is 2.42. The molecule has 0 radical (unpaired) electrons. The predicted molar refractivity (Wildman–Crippen MR) is 97.5 cm³/mol. The van der Waals surface area contributed by atoms with Crippen molar-refractivity contribution in [3.63, 3.8) is 0 Å². The van der Waals surface area contributed by atoms with E-state index in [1.807, 2.05) is 0 Å². The van der Waals surface area contributed by atoms with E-state index in [9.17, 15) is 18.8 Å². The number of carbonyl (C=O) groups excluding carboxylic acids is 3. The topological polar surface area (TPSA) is 81.7 Å². The molecule has 2 aromatic rings. The first-order chi connectivity index (χ1) is 12.8. The molecule has 1 N–H and O–H groups in total. The quantitative estimate of drug-likeness (QED) is 0.573. The van der Waals surface area contributed by atoms with Gasteiger partial charge in [0.1, 0.15) is 11.6 Å². The summed E-state index contributed by atoms with van der Waals surface area (Å²) in [5, 5.41) is 2.47. The molecular formula is C19H17ClFNO5. The predicted octanol–water partition coefficient (Wildman–Crippen LogP) is 3.63. The number of halogens is 2. The molecule has 2 rings (SSSR count). The fourth-order valence-corrected chi connectivity index (χ4v) is 2.25. The van der Waals surface area contributed by atoms with E-state index in [-0.39, 0.29) is 16.5 Å². The number of anilines is 1. The Labute approximate surface area is 160 Å². The largest absolute Gasteiger partial charge is 0.482 e. The first-order valence-electron chi connectivity index (χ1n) is 7.95. The summed E-state index contributed by atoms with van der Waals surface area (Å²) in [5.74, 6) is -1.61. The van der Waals surface area contributed by atoms with Crippen molar-refractivity contribution in [3.05, 3.63) is 58.9 Å². The van der Waals surface area contributed by atoms with Gasteiger partial charge in [0.2, 0.25) is 0 Å². The van der Waals surface area contributed by atoms with Gasteiger partial charge < -0.3 is 14.8 Å². The molecule has 1 atom stereocenters. The normalized spacial score (nSPS) is 11.4. The summed E-state index contributed by atoms with van der Waals surface area (Å²) >= 11 is 5.83. The van der Waals surface area contributed by atoms with Gasteiger partial charge in [-0.15, -0.1) is 0 Å². The highest BCUT2D eigenvalue weighted by atomic mass is 35.5. The van der Waals surface area contributed by atoms with Crippen molar-refractivity contribution in [1.29, 1.82) is 0 Å². The number of Topliss-reactive ketones (excluding diaryl/α,β-unsaturated/α-hetero) is 1. The van der Waals surface area contributed by atoms with E-state index in [2.05, 4.69) is 5.32 Å². The fraction of sp³-hybridized carbons (Fsp3) is 0.211. The highest BCUT2D eigenvalue weighted by Crippen LogP contribution is 2.22. The van der Waals surface area contributed by atoms with Gasteiger partial charge in [0, 0.05) is 5.56 Å². The molecule has 0 saturated carbocycles. The Morgan fingerprint density at radius 3 is 2.41 bits per heavy atom. The molecule has 1 amide bonds. The number of ether oxygens (including phenoxy) is 2. The number of rotatable bonds is 7. The Hall–Kier alpha value is -2.93. The van der Waals surface area contributed by atoms with Crippen molar-refractivity contribution in [2.75, 3.05) is 11.9 Å². The van der Waals surface area contributed by atoms with E-state index < -0.39 is 30.4 Å². The monoisotopic (exact) mass is 393 g/mol. The van der Waals surface area contributed by atoms with Crippen LogP contribution in [0.3, 0.4) is 0 Å². The van der Waals surface area contributed by atoms with Gasteiger partial charge in [0.25, 0.3) is 5.91 Å². The number of nitrogens with one attached hydrogen (secondary N) is 1. The Balaban J connectivity index is 1.83. The molecule has 0 heterocycles. The fourth-order valence-electron chi connectivity index (χ4n) is 2.04. The second kappa shape index (κ2) is 9.14. The van der Waals surface area contributed by atoms with Gasteiger partial charge in [0.05, 0.1) is 10.7 Å². The standard InChI is InChI=1S/C19H17ClFNO5/c1-11(23)13-3-6-15(7-4-13)26-10-18(24)27-12(2)19(25)22-17-8-5-14(21)9-16(17)20/h3-9,12H,10H2,1-2H3,(H,22,25). The van der Waals surface area contributed by atoms with Crippen LogP contribution in [0.15, 0.2) is 42.5 Å². The van der Waals surface area contributed by atoms with Crippen LogP contribution in [0.25, 0.3) is 0 Å². The summed E-state index contributed by atoms with van der Waals surface area (Å²) < 4.78 is 23.2. The maximum Gasteiger partial charge on any atom is 0.344 e. The number of ketones is 1. The number of benzene rings is 2. The van der Waals surface area contributed by atoms with Crippen LogP contribution < -0.4 is 10.1 Å². The Bertz CT molecular complexity index is 854. The Morgan fingerprint density at radius 1 is 1.15 bits per heavy atom. The van der Waals surface area contributed by atoms with Crippen LogP contribution in [-0.2, 0) is 14.3 Å². The molecule has 142 valence electrons. The Kier molecular flexibility index (Phi) is 6.90. The lowest BCUT2D eigenvalue weighted by atomic mass is 10.1. The lowest BCUT2D eigenvalue weighted by molar-refractivity contribution is -0.155. The third kappa shape index (κ3) is 6.07. The van der Waals surface area contributed by atoms with E-state index >= 15 is 0 Å². The number of hydrogen-bond donors (Lipinski definition) is 1. The van der Waals surface area contributed by atoms with Crippen LogP contribution in [0.1, 0.15) is 24.2 Å². The Morgan fingerprint density at radius 2 is 1.81 bits per heavy atom. The van der Waals surface area contributed by atoms with Gasteiger partial charge >= 0.3 is 5.97 Å². The highest BCUT2D eigenvalue weighted by molar-refractivity contribution is 6.33. The maximum atomic E-state index is 13.0. The lowest BCUT2D eigenvalue weighted by Gasteiger charge is -2.14. The van der Waals surface area contributed by atoms with Gasteiger partial charge in [-0.1, -0.05) is 11.6 Å². The third-order valence-electron chi connectivity index (χ3n) is 3.48.